The molecule has 0 saturated heterocycles. The maximum atomic E-state index is 13.3. The number of nitrogens with zero attached hydrogens (tertiary/aromatic N) is 1. The van der Waals surface area contributed by atoms with Crippen LogP contribution in [0.25, 0.3) is 0 Å². The van der Waals surface area contributed by atoms with Gasteiger partial charge in [0.05, 0.1) is 0 Å². The topological polar surface area (TPSA) is 66.0 Å². The summed E-state index contributed by atoms with van der Waals surface area (Å²) in [4.78, 5) is 26.9. The molecule has 0 atom stereocenters. The number of quaternary nitrogens is 1. The first-order chi connectivity index (χ1) is 13.5. The highest BCUT2D eigenvalue weighted by atomic mass is 19.1. The maximum Gasteiger partial charge on any atom is 0.278 e. The Morgan fingerprint density at radius 1 is 1.07 bits per heavy atom. The van der Waals surface area contributed by atoms with E-state index >= 15 is 0 Å². The molecule has 2 amide bonds. The zero-order valence-corrected chi connectivity index (χ0v) is 16.6. The molecular weight excluding hydrogens is 357 g/mol. The maximum absolute atomic E-state index is 13.3. The van der Waals surface area contributed by atoms with Gasteiger partial charge in [0, 0.05) is 19.1 Å². The molecule has 0 radical (unpaired) electrons. The molecule has 5 nitrogen and oxygen atoms in total. The molecule has 4 saturated carbocycles. The van der Waals surface area contributed by atoms with Gasteiger partial charge < -0.3 is 15.5 Å². The first-order valence-electron chi connectivity index (χ1n) is 10.5. The van der Waals surface area contributed by atoms with Crippen LogP contribution >= 0.6 is 0 Å². The van der Waals surface area contributed by atoms with Crippen molar-refractivity contribution >= 4 is 11.8 Å². The number of nitrogens with two attached hydrogens (primary N) is 1. The Morgan fingerprint density at radius 3 is 2.18 bits per heavy atom. The van der Waals surface area contributed by atoms with Gasteiger partial charge in [-0.3, -0.25) is 9.59 Å². The van der Waals surface area contributed by atoms with Crippen molar-refractivity contribution in [2.45, 2.75) is 50.6 Å². The minimum Gasteiger partial charge on any atom is -0.354 e. The summed E-state index contributed by atoms with van der Waals surface area (Å²) in [7, 11) is 1.61. The standard InChI is InChI=1S/C22H30FN3O2/c1-24-20(27)12-25-13-21(28)26(14-15-2-4-19(23)5-3-15)22-9-16-6-17(10-22)8-18(7-16)11-22/h2-5,16-18,25H,6-14H2,1H3,(H,24,27)/p+1. The average Bonchev–Trinajstić information content (AvgIpc) is 2.66. The Balaban J connectivity index is 1.53. The predicted molar refractivity (Wildman–Crippen MR) is 104 cm³/mol. The van der Waals surface area contributed by atoms with Gasteiger partial charge in [-0.1, -0.05) is 12.1 Å². The van der Waals surface area contributed by atoms with Gasteiger partial charge in [-0.15, -0.1) is 0 Å². The second-order valence-electron chi connectivity index (χ2n) is 9.12. The van der Waals surface area contributed by atoms with E-state index in [9.17, 15) is 14.0 Å². The van der Waals surface area contributed by atoms with E-state index in [1.165, 1.54) is 31.4 Å². The van der Waals surface area contributed by atoms with Crippen LogP contribution in [0.3, 0.4) is 0 Å². The number of hydrogen-bond acceptors (Lipinski definition) is 2. The fourth-order valence-corrected chi connectivity index (χ4v) is 6.23. The quantitative estimate of drug-likeness (QED) is 0.742. The number of benzene rings is 1. The number of amides is 2. The molecule has 6 heteroatoms. The van der Waals surface area contributed by atoms with Crippen LogP contribution in [0.4, 0.5) is 4.39 Å². The fraction of sp³-hybridized carbons (Fsp3) is 0.636. The van der Waals surface area contributed by atoms with E-state index in [-0.39, 0.29) is 36.3 Å². The van der Waals surface area contributed by atoms with Crippen LogP contribution in [-0.2, 0) is 16.1 Å². The van der Waals surface area contributed by atoms with Crippen molar-refractivity contribution in [1.82, 2.24) is 10.2 Å². The van der Waals surface area contributed by atoms with Crippen molar-refractivity contribution in [3.05, 3.63) is 35.6 Å². The minimum absolute atomic E-state index is 0.0545. The molecule has 3 N–H and O–H groups in total. The zero-order chi connectivity index (χ0) is 19.7. The molecule has 1 aromatic rings. The van der Waals surface area contributed by atoms with Crippen molar-refractivity contribution in [1.29, 1.82) is 0 Å². The fourth-order valence-electron chi connectivity index (χ4n) is 6.23. The van der Waals surface area contributed by atoms with Crippen LogP contribution in [0.5, 0.6) is 0 Å². The number of nitrogens with one attached hydrogen (secondary N) is 1. The van der Waals surface area contributed by atoms with Gasteiger partial charge in [0.1, 0.15) is 5.82 Å². The van der Waals surface area contributed by atoms with Crippen LogP contribution in [0.15, 0.2) is 24.3 Å². The van der Waals surface area contributed by atoms with Crippen LogP contribution in [0.2, 0.25) is 0 Å². The lowest BCUT2D eigenvalue weighted by Crippen LogP contribution is -2.89. The number of carbonyl (C=O) groups excluding carboxylic acids is 2. The summed E-state index contributed by atoms with van der Waals surface area (Å²) >= 11 is 0. The molecule has 4 fully saturated rings. The third kappa shape index (κ3) is 3.93. The normalized spacial score (nSPS) is 30.3. The zero-order valence-electron chi connectivity index (χ0n) is 16.6. The summed E-state index contributed by atoms with van der Waals surface area (Å²) in [6.45, 7) is 1.06. The van der Waals surface area contributed by atoms with Gasteiger partial charge in [0.15, 0.2) is 13.1 Å². The Hall–Kier alpha value is -1.95. The lowest BCUT2D eigenvalue weighted by Gasteiger charge is -2.60. The molecule has 1 aromatic carbocycles. The molecule has 4 aliphatic rings. The molecule has 0 heterocycles. The van der Waals surface area contributed by atoms with Crippen molar-refractivity contribution in [3.63, 3.8) is 0 Å². The van der Waals surface area contributed by atoms with E-state index in [2.05, 4.69) is 10.2 Å². The SMILES string of the molecule is CNC(=O)C[NH2+]CC(=O)N(Cc1ccc(F)cc1)C12CC3CC(CC(C3)C1)C2. The molecule has 0 aromatic heterocycles. The number of likely N-dealkylation sites (N-methyl/N-ethyl adjacent to an activating group) is 1. The lowest BCUT2D eigenvalue weighted by molar-refractivity contribution is -0.633. The predicted octanol–water partition coefficient (Wildman–Crippen LogP) is 1.43. The highest BCUT2D eigenvalue weighted by molar-refractivity contribution is 5.79. The summed E-state index contributed by atoms with van der Waals surface area (Å²) in [5.74, 6) is 1.98. The molecule has 0 spiro atoms. The van der Waals surface area contributed by atoms with Gasteiger partial charge in [0.2, 0.25) is 0 Å². The van der Waals surface area contributed by atoms with E-state index < -0.39 is 0 Å². The molecule has 4 aliphatic carbocycles. The van der Waals surface area contributed by atoms with Crippen molar-refractivity contribution in [3.8, 4) is 0 Å². The smallest absolute Gasteiger partial charge is 0.278 e. The van der Waals surface area contributed by atoms with Crippen molar-refractivity contribution in [2.24, 2.45) is 17.8 Å². The summed E-state index contributed by atoms with van der Waals surface area (Å²) < 4.78 is 13.3. The minimum atomic E-state index is -0.254. The van der Waals surface area contributed by atoms with E-state index in [1.807, 2.05) is 0 Å². The summed E-state index contributed by atoms with van der Waals surface area (Å²) in [6, 6.07) is 6.50. The van der Waals surface area contributed by atoms with Gasteiger partial charge in [-0.25, -0.2) is 4.39 Å². The second kappa shape index (κ2) is 7.82. The summed E-state index contributed by atoms with van der Waals surface area (Å²) in [5.41, 5.74) is 0.915. The van der Waals surface area contributed by atoms with Crippen molar-refractivity contribution in [2.75, 3.05) is 20.1 Å². The van der Waals surface area contributed by atoms with Crippen LogP contribution in [-0.4, -0.2) is 42.4 Å². The van der Waals surface area contributed by atoms with E-state index in [0.29, 0.717) is 6.54 Å². The van der Waals surface area contributed by atoms with E-state index in [4.69, 9.17) is 0 Å². The molecule has 4 bridgehead atoms. The number of carbonyl (C=O) groups is 2. The Labute approximate surface area is 166 Å². The lowest BCUT2D eigenvalue weighted by atomic mass is 9.52. The Kier molecular flexibility index (Phi) is 5.41. The molecule has 28 heavy (non-hydrogen) atoms. The highest BCUT2D eigenvalue weighted by Crippen LogP contribution is 2.58. The van der Waals surface area contributed by atoms with Gasteiger partial charge in [-0.2, -0.15) is 0 Å². The third-order valence-electron chi connectivity index (χ3n) is 7.06. The molecule has 152 valence electrons. The molecule has 5 rings (SSSR count). The Morgan fingerprint density at radius 2 is 1.64 bits per heavy atom. The van der Waals surface area contributed by atoms with Gasteiger partial charge in [-0.05, 0) is 74.0 Å². The first kappa shape index (κ1) is 19.4. The first-order valence-corrected chi connectivity index (χ1v) is 10.5. The monoisotopic (exact) mass is 388 g/mol. The van der Waals surface area contributed by atoms with E-state index in [1.54, 1.807) is 24.5 Å². The molecular formula is C22H31FN3O2+. The number of rotatable bonds is 7. The van der Waals surface area contributed by atoms with Crippen molar-refractivity contribution < 1.29 is 19.3 Å². The number of halogens is 1. The Bertz CT molecular complexity index is 699. The largest absolute Gasteiger partial charge is 0.354 e. The van der Waals surface area contributed by atoms with Crippen LogP contribution in [0, 0.1) is 23.6 Å². The van der Waals surface area contributed by atoms with Crippen LogP contribution in [0.1, 0.15) is 44.1 Å². The molecule has 0 aliphatic heterocycles. The highest BCUT2D eigenvalue weighted by Gasteiger charge is 2.54. The third-order valence-corrected chi connectivity index (χ3v) is 7.06. The summed E-state index contributed by atoms with van der Waals surface area (Å²) in [5, 5.41) is 4.37. The number of hydrogen-bond donors (Lipinski definition) is 2. The van der Waals surface area contributed by atoms with Crippen LogP contribution < -0.4 is 10.6 Å². The average molecular weight is 389 g/mol. The molecule has 0 unspecified atom stereocenters. The van der Waals surface area contributed by atoms with E-state index in [0.717, 1.165) is 42.6 Å². The van der Waals surface area contributed by atoms with Gasteiger partial charge in [0.25, 0.3) is 11.8 Å². The summed E-state index contributed by atoms with van der Waals surface area (Å²) in [6.07, 6.45) is 7.26. The van der Waals surface area contributed by atoms with Gasteiger partial charge >= 0.3 is 0 Å². The second-order valence-corrected chi connectivity index (χ2v) is 9.12.